The third kappa shape index (κ3) is 2.70. The number of aliphatic imine (C=N–C) groups is 1. The molecule has 24 heavy (non-hydrogen) atoms. The Bertz CT molecular complexity index is 787. The average molecular weight is 334 g/mol. The number of aryl methyl sites for hydroxylation is 1. The summed E-state index contributed by atoms with van der Waals surface area (Å²) in [6.07, 6.45) is -3.54. The Labute approximate surface area is 135 Å². The molecule has 1 amide bonds. The van der Waals surface area contributed by atoms with Crippen molar-refractivity contribution in [3.05, 3.63) is 59.8 Å². The van der Waals surface area contributed by atoms with Crippen LogP contribution in [0.3, 0.4) is 0 Å². The van der Waals surface area contributed by atoms with Crippen LogP contribution < -0.4 is 10.6 Å². The first-order valence-electron chi connectivity index (χ1n) is 7.06. The standard InChI is InChI=1S/C16H13F3N4O/c1-10-7-8-12(20-9-10)22-15(16(17,18)19)14(24)21-13(23-15)11-5-3-2-4-6-11/h2-9H,1H3,(H,20,22)(H,21,23,24)/t15-/m0/s1. The van der Waals surface area contributed by atoms with Crippen molar-refractivity contribution in [3.8, 4) is 0 Å². The zero-order chi connectivity index (χ0) is 17.4. The number of hydrogen-bond acceptors (Lipinski definition) is 4. The molecule has 0 radical (unpaired) electrons. The van der Waals surface area contributed by atoms with Crippen LogP contribution in [0.5, 0.6) is 0 Å². The SMILES string of the molecule is Cc1ccc(N[C@]2(C(F)(F)F)N=C(c3ccccc3)NC2=O)nc1. The van der Waals surface area contributed by atoms with Gasteiger partial charge >= 0.3 is 11.8 Å². The quantitative estimate of drug-likeness (QED) is 0.907. The second-order valence-electron chi connectivity index (χ2n) is 5.33. The molecule has 8 heteroatoms. The molecule has 2 N–H and O–H groups in total. The minimum atomic E-state index is -4.94. The van der Waals surface area contributed by atoms with Crippen molar-refractivity contribution in [1.82, 2.24) is 10.3 Å². The van der Waals surface area contributed by atoms with E-state index in [9.17, 15) is 18.0 Å². The summed E-state index contributed by atoms with van der Waals surface area (Å²) in [5.74, 6) is -1.53. The van der Waals surface area contributed by atoms with Crippen LogP contribution in [0.2, 0.25) is 0 Å². The first-order chi connectivity index (χ1) is 11.3. The third-order valence-corrected chi connectivity index (χ3v) is 3.52. The van der Waals surface area contributed by atoms with Crippen molar-refractivity contribution < 1.29 is 18.0 Å². The Kier molecular flexibility index (Phi) is 3.75. The number of nitrogens with one attached hydrogen (secondary N) is 2. The molecule has 3 rings (SSSR count). The zero-order valence-corrected chi connectivity index (χ0v) is 12.6. The molecule has 1 aromatic carbocycles. The maximum Gasteiger partial charge on any atom is 0.442 e. The third-order valence-electron chi connectivity index (χ3n) is 3.52. The lowest BCUT2D eigenvalue weighted by atomic mass is 10.1. The van der Waals surface area contributed by atoms with Gasteiger partial charge in [0.05, 0.1) is 0 Å². The molecule has 0 bridgehead atoms. The van der Waals surface area contributed by atoms with Gasteiger partial charge in [-0.15, -0.1) is 0 Å². The van der Waals surface area contributed by atoms with E-state index >= 15 is 0 Å². The number of anilines is 1. The van der Waals surface area contributed by atoms with Crippen molar-refractivity contribution in [2.45, 2.75) is 18.8 Å². The zero-order valence-electron chi connectivity index (χ0n) is 12.6. The normalized spacial score (nSPS) is 20.5. The summed E-state index contributed by atoms with van der Waals surface area (Å²) in [5, 5.41) is 4.34. The topological polar surface area (TPSA) is 66.4 Å². The molecular weight excluding hydrogens is 321 g/mol. The van der Waals surface area contributed by atoms with E-state index in [1.807, 2.05) is 0 Å². The van der Waals surface area contributed by atoms with Crippen molar-refractivity contribution >= 4 is 17.6 Å². The number of aromatic nitrogens is 1. The fraction of sp³-hybridized carbons (Fsp3) is 0.188. The van der Waals surface area contributed by atoms with Gasteiger partial charge in [0.1, 0.15) is 11.7 Å². The number of amidine groups is 1. The number of amides is 1. The van der Waals surface area contributed by atoms with E-state index < -0.39 is 17.7 Å². The van der Waals surface area contributed by atoms with Gasteiger partial charge in [-0.2, -0.15) is 13.2 Å². The van der Waals surface area contributed by atoms with Gasteiger partial charge < -0.3 is 10.6 Å². The molecular formula is C16H13F3N4O. The number of halogens is 3. The summed E-state index contributed by atoms with van der Waals surface area (Å²) in [5.41, 5.74) is -1.94. The summed E-state index contributed by atoms with van der Waals surface area (Å²) in [7, 11) is 0. The van der Waals surface area contributed by atoms with E-state index in [0.717, 1.165) is 5.56 Å². The highest BCUT2D eigenvalue weighted by Crippen LogP contribution is 2.37. The molecule has 1 aliphatic rings. The van der Waals surface area contributed by atoms with Crippen LogP contribution in [0, 0.1) is 6.92 Å². The Hall–Kier alpha value is -2.90. The van der Waals surface area contributed by atoms with Crippen LogP contribution in [0.25, 0.3) is 0 Å². The van der Waals surface area contributed by atoms with Crippen LogP contribution in [0.4, 0.5) is 19.0 Å². The van der Waals surface area contributed by atoms with E-state index in [0.29, 0.717) is 5.56 Å². The maximum atomic E-state index is 13.7. The van der Waals surface area contributed by atoms with Crippen molar-refractivity contribution in [2.75, 3.05) is 5.32 Å². The molecule has 1 atom stereocenters. The van der Waals surface area contributed by atoms with Gasteiger partial charge in [-0.25, -0.2) is 9.98 Å². The molecule has 0 unspecified atom stereocenters. The van der Waals surface area contributed by atoms with E-state index in [-0.39, 0.29) is 11.7 Å². The van der Waals surface area contributed by atoms with Crippen LogP contribution in [-0.2, 0) is 4.79 Å². The molecule has 0 spiro atoms. The minimum Gasteiger partial charge on any atom is -0.331 e. The van der Waals surface area contributed by atoms with Crippen molar-refractivity contribution in [1.29, 1.82) is 0 Å². The molecule has 0 saturated heterocycles. The highest BCUT2D eigenvalue weighted by atomic mass is 19.4. The van der Waals surface area contributed by atoms with Crippen LogP contribution in [0.1, 0.15) is 11.1 Å². The summed E-state index contributed by atoms with van der Waals surface area (Å²) < 4.78 is 41.0. The predicted octanol–water partition coefficient (Wildman–Crippen LogP) is 2.64. The largest absolute Gasteiger partial charge is 0.442 e. The van der Waals surface area contributed by atoms with E-state index in [2.05, 4.69) is 20.6 Å². The Morgan fingerprint density at radius 2 is 1.83 bits per heavy atom. The van der Waals surface area contributed by atoms with Gasteiger partial charge in [0.2, 0.25) is 0 Å². The van der Waals surface area contributed by atoms with E-state index in [1.54, 1.807) is 43.3 Å². The number of nitrogens with zero attached hydrogens (tertiary/aromatic N) is 2. The van der Waals surface area contributed by atoms with Gasteiger partial charge in [-0.05, 0) is 18.6 Å². The fourth-order valence-corrected chi connectivity index (χ4v) is 2.25. The van der Waals surface area contributed by atoms with Crippen molar-refractivity contribution in [2.24, 2.45) is 4.99 Å². The number of alkyl halides is 3. The molecule has 1 aromatic heterocycles. The Balaban J connectivity index is 2.04. The van der Waals surface area contributed by atoms with E-state index in [4.69, 9.17) is 0 Å². The first-order valence-corrected chi connectivity index (χ1v) is 7.06. The molecule has 2 aromatic rings. The molecule has 0 aliphatic carbocycles. The highest BCUT2D eigenvalue weighted by molar-refractivity contribution is 6.16. The molecule has 0 saturated carbocycles. The number of rotatable bonds is 3. The smallest absolute Gasteiger partial charge is 0.331 e. The molecule has 5 nitrogen and oxygen atoms in total. The molecule has 2 heterocycles. The van der Waals surface area contributed by atoms with Crippen LogP contribution in [0.15, 0.2) is 53.7 Å². The lowest BCUT2D eigenvalue weighted by molar-refractivity contribution is -0.181. The minimum absolute atomic E-state index is 0.0915. The lowest BCUT2D eigenvalue weighted by Crippen LogP contribution is -2.57. The summed E-state index contributed by atoms with van der Waals surface area (Å²) in [4.78, 5) is 19.7. The van der Waals surface area contributed by atoms with Crippen molar-refractivity contribution in [3.63, 3.8) is 0 Å². The Morgan fingerprint density at radius 1 is 1.12 bits per heavy atom. The second kappa shape index (κ2) is 5.63. The number of carbonyl (C=O) groups excluding carboxylic acids is 1. The predicted molar refractivity (Wildman–Crippen MR) is 82.5 cm³/mol. The number of pyridine rings is 1. The average Bonchev–Trinajstić information content (AvgIpc) is 2.88. The van der Waals surface area contributed by atoms with Gasteiger partial charge in [0.25, 0.3) is 5.91 Å². The van der Waals surface area contributed by atoms with E-state index in [1.165, 1.54) is 12.3 Å². The molecule has 124 valence electrons. The fourth-order valence-electron chi connectivity index (χ4n) is 2.25. The number of hydrogen-bond donors (Lipinski definition) is 2. The monoisotopic (exact) mass is 334 g/mol. The number of carbonyl (C=O) groups is 1. The first kappa shape index (κ1) is 16.0. The number of benzene rings is 1. The molecule has 0 fully saturated rings. The van der Waals surface area contributed by atoms with Crippen LogP contribution >= 0.6 is 0 Å². The maximum absolute atomic E-state index is 13.7. The summed E-state index contributed by atoms with van der Waals surface area (Å²) >= 11 is 0. The van der Waals surface area contributed by atoms with Crippen LogP contribution in [-0.4, -0.2) is 28.6 Å². The summed E-state index contributed by atoms with van der Waals surface area (Å²) in [6, 6.07) is 11.1. The van der Waals surface area contributed by atoms with Gasteiger partial charge in [-0.1, -0.05) is 36.4 Å². The second-order valence-corrected chi connectivity index (χ2v) is 5.33. The summed E-state index contributed by atoms with van der Waals surface area (Å²) in [6.45, 7) is 1.75. The van der Waals surface area contributed by atoms with Gasteiger partial charge in [0.15, 0.2) is 0 Å². The van der Waals surface area contributed by atoms with Gasteiger partial charge in [-0.3, -0.25) is 4.79 Å². The van der Waals surface area contributed by atoms with Gasteiger partial charge in [0, 0.05) is 11.8 Å². The molecule has 1 aliphatic heterocycles. The highest BCUT2D eigenvalue weighted by Gasteiger charge is 2.64. The lowest BCUT2D eigenvalue weighted by Gasteiger charge is -2.27. The Morgan fingerprint density at radius 3 is 2.42 bits per heavy atom.